The van der Waals surface area contributed by atoms with Crippen molar-refractivity contribution in [2.75, 3.05) is 12.8 Å². The van der Waals surface area contributed by atoms with E-state index in [0.717, 1.165) is 6.26 Å². The van der Waals surface area contributed by atoms with Crippen LogP contribution >= 0.6 is 0 Å². The average molecular weight is 204 g/mol. The van der Waals surface area contributed by atoms with Crippen LogP contribution in [0.5, 0.6) is 0 Å². The van der Waals surface area contributed by atoms with E-state index in [2.05, 4.69) is 15.2 Å². The van der Waals surface area contributed by atoms with E-state index in [1.807, 2.05) is 0 Å². The first-order valence-corrected chi connectivity index (χ1v) is 5.85. The highest BCUT2D eigenvalue weighted by Gasteiger charge is 2.08. The van der Waals surface area contributed by atoms with Crippen molar-refractivity contribution >= 4 is 9.84 Å². The molecule has 0 saturated heterocycles. The molecule has 0 aromatic carbocycles. The predicted molar refractivity (Wildman–Crippen MR) is 47.7 cm³/mol. The zero-order valence-corrected chi connectivity index (χ0v) is 8.13. The average Bonchev–Trinajstić information content (AvgIpc) is 2.33. The molecule has 0 bridgehead atoms. The smallest absolute Gasteiger partial charge is 0.154 e. The molecular weight excluding hydrogens is 192 g/mol. The Kier molecular flexibility index (Phi) is 2.99. The largest absolute Gasteiger partial charge is 0.330 e. The van der Waals surface area contributed by atoms with Crippen molar-refractivity contribution in [1.82, 2.24) is 15.2 Å². The summed E-state index contributed by atoms with van der Waals surface area (Å²) in [5, 5.41) is 6.36. The van der Waals surface area contributed by atoms with Gasteiger partial charge in [0.05, 0.1) is 0 Å². The van der Waals surface area contributed by atoms with Crippen molar-refractivity contribution in [3.05, 3.63) is 11.6 Å². The number of hydrogen-bond acceptors (Lipinski definition) is 5. The molecule has 0 aliphatic carbocycles. The normalized spacial score (nSPS) is 11.8. The highest BCUT2D eigenvalue weighted by Crippen LogP contribution is 1.98. The van der Waals surface area contributed by atoms with Crippen LogP contribution in [0.15, 0.2) is 0 Å². The summed E-state index contributed by atoms with van der Waals surface area (Å²) in [6.07, 6.45) is 1.71. The minimum Gasteiger partial charge on any atom is -0.330 e. The fourth-order valence-corrected chi connectivity index (χ4v) is 1.51. The number of aromatic amines is 1. The van der Waals surface area contributed by atoms with E-state index in [9.17, 15) is 8.42 Å². The monoisotopic (exact) mass is 204 g/mol. The molecule has 0 fully saturated rings. The Labute approximate surface area is 76.5 Å². The Hall–Kier alpha value is -0.950. The zero-order valence-electron chi connectivity index (χ0n) is 7.32. The third-order valence-corrected chi connectivity index (χ3v) is 2.14. The first kappa shape index (κ1) is 10.1. The van der Waals surface area contributed by atoms with Gasteiger partial charge in [0.1, 0.15) is 11.6 Å². The number of rotatable bonds is 4. The molecule has 1 heterocycles. The standard InChI is InChI=1S/C6H12N4O2S/c1-13(11,12)4-6-8-5(2-3-7)9-10-6/h2-4,7H2,1H3,(H,8,9,10). The van der Waals surface area contributed by atoms with Crippen molar-refractivity contribution in [2.45, 2.75) is 12.2 Å². The summed E-state index contributed by atoms with van der Waals surface area (Å²) in [5.74, 6) is 0.817. The molecule has 0 aliphatic rings. The minimum absolute atomic E-state index is 0.107. The molecule has 1 aromatic heterocycles. The summed E-state index contributed by atoms with van der Waals surface area (Å²) in [7, 11) is -3.04. The molecule has 0 atom stereocenters. The van der Waals surface area contributed by atoms with Gasteiger partial charge in [-0.1, -0.05) is 0 Å². The summed E-state index contributed by atoms with van der Waals surface area (Å²) in [6, 6.07) is 0. The van der Waals surface area contributed by atoms with E-state index in [1.165, 1.54) is 0 Å². The van der Waals surface area contributed by atoms with Crippen molar-refractivity contribution in [3.63, 3.8) is 0 Å². The molecule has 0 saturated carbocycles. The van der Waals surface area contributed by atoms with Gasteiger partial charge in [0.2, 0.25) is 0 Å². The third kappa shape index (κ3) is 3.51. The van der Waals surface area contributed by atoms with Crippen LogP contribution in [0.25, 0.3) is 0 Å². The molecule has 3 N–H and O–H groups in total. The van der Waals surface area contributed by atoms with Crippen LogP contribution in [0, 0.1) is 0 Å². The van der Waals surface area contributed by atoms with Crippen LogP contribution in [-0.2, 0) is 22.0 Å². The number of nitrogens with zero attached hydrogens (tertiary/aromatic N) is 2. The van der Waals surface area contributed by atoms with Crippen molar-refractivity contribution < 1.29 is 8.42 Å². The maximum atomic E-state index is 10.9. The Balaban J connectivity index is 2.69. The van der Waals surface area contributed by atoms with Gasteiger partial charge in [-0.25, -0.2) is 13.4 Å². The Morgan fingerprint density at radius 1 is 1.54 bits per heavy atom. The fraction of sp³-hybridized carbons (Fsp3) is 0.667. The second-order valence-corrected chi connectivity index (χ2v) is 4.95. The molecule has 0 aliphatic heterocycles. The molecule has 13 heavy (non-hydrogen) atoms. The van der Waals surface area contributed by atoms with Crippen LogP contribution in [0.4, 0.5) is 0 Å². The van der Waals surface area contributed by atoms with Crippen LogP contribution in [0.2, 0.25) is 0 Å². The molecule has 0 spiro atoms. The van der Waals surface area contributed by atoms with Crippen LogP contribution in [0.3, 0.4) is 0 Å². The number of sulfone groups is 1. The van der Waals surface area contributed by atoms with E-state index >= 15 is 0 Å². The lowest BCUT2D eigenvalue weighted by Gasteiger charge is -1.90. The number of hydrogen-bond donors (Lipinski definition) is 2. The van der Waals surface area contributed by atoms with Crippen molar-refractivity contribution in [2.24, 2.45) is 5.73 Å². The van der Waals surface area contributed by atoms with Gasteiger partial charge in [0.25, 0.3) is 0 Å². The Morgan fingerprint density at radius 2 is 2.23 bits per heavy atom. The van der Waals surface area contributed by atoms with Gasteiger partial charge in [0, 0.05) is 12.7 Å². The van der Waals surface area contributed by atoms with Gasteiger partial charge in [-0.3, -0.25) is 5.10 Å². The highest BCUT2D eigenvalue weighted by molar-refractivity contribution is 7.89. The molecule has 6 nitrogen and oxygen atoms in total. The molecule has 0 radical (unpaired) electrons. The summed E-state index contributed by atoms with van der Waals surface area (Å²) < 4.78 is 21.7. The second kappa shape index (κ2) is 3.84. The lowest BCUT2D eigenvalue weighted by molar-refractivity contribution is 0.599. The Morgan fingerprint density at radius 3 is 2.77 bits per heavy atom. The van der Waals surface area contributed by atoms with Crippen molar-refractivity contribution in [1.29, 1.82) is 0 Å². The zero-order chi connectivity index (χ0) is 9.90. The summed E-state index contributed by atoms with van der Waals surface area (Å²) in [4.78, 5) is 3.96. The van der Waals surface area contributed by atoms with Crippen LogP contribution in [-0.4, -0.2) is 36.4 Å². The fourth-order valence-electron chi connectivity index (χ4n) is 0.889. The van der Waals surface area contributed by atoms with Gasteiger partial charge in [-0.05, 0) is 6.54 Å². The van der Waals surface area contributed by atoms with E-state index < -0.39 is 9.84 Å². The highest BCUT2D eigenvalue weighted by atomic mass is 32.2. The molecule has 0 unspecified atom stereocenters. The molecular formula is C6H12N4O2S. The number of H-pyrrole nitrogens is 1. The molecule has 1 rings (SSSR count). The van der Waals surface area contributed by atoms with E-state index in [1.54, 1.807) is 0 Å². The quantitative estimate of drug-likeness (QED) is 0.644. The molecule has 1 aromatic rings. The summed E-state index contributed by atoms with van der Waals surface area (Å²) in [5.41, 5.74) is 5.28. The van der Waals surface area contributed by atoms with Gasteiger partial charge in [-0.15, -0.1) is 0 Å². The first-order chi connectivity index (χ1) is 6.01. The molecule has 74 valence electrons. The SMILES string of the molecule is CS(=O)(=O)Cc1nc(CCN)n[nH]1. The minimum atomic E-state index is -3.04. The lowest BCUT2D eigenvalue weighted by atomic mass is 10.4. The van der Waals surface area contributed by atoms with Gasteiger partial charge in [0.15, 0.2) is 15.7 Å². The van der Waals surface area contributed by atoms with Gasteiger partial charge in [-0.2, -0.15) is 5.10 Å². The first-order valence-electron chi connectivity index (χ1n) is 3.79. The number of aromatic nitrogens is 3. The maximum Gasteiger partial charge on any atom is 0.154 e. The van der Waals surface area contributed by atoms with E-state index in [0.29, 0.717) is 24.6 Å². The van der Waals surface area contributed by atoms with E-state index in [-0.39, 0.29) is 5.75 Å². The van der Waals surface area contributed by atoms with E-state index in [4.69, 9.17) is 5.73 Å². The summed E-state index contributed by atoms with van der Waals surface area (Å²) >= 11 is 0. The van der Waals surface area contributed by atoms with Crippen LogP contribution < -0.4 is 5.73 Å². The Bertz CT molecular complexity index is 370. The maximum absolute atomic E-state index is 10.9. The van der Waals surface area contributed by atoms with Crippen LogP contribution in [0.1, 0.15) is 11.6 Å². The van der Waals surface area contributed by atoms with Crippen molar-refractivity contribution in [3.8, 4) is 0 Å². The molecule has 0 amide bonds. The summed E-state index contributed by atoms with van der Waals surface area (Å²) in [6.45, 7) is 0.455. The third-order valence-electron chi connectivity index (χ3n) is 1.34. The predicted octanol–water partition coefficient (Wildman–Crippen LogP) is -1.15. The number of nitrogens with one attached hydrogen (secondary N) is 1. The topological polar surface area (TPSA) is 102 Å². The lowest BCUT2D eigenvalue weighted by Crippen LogP contribution is -2.05. The number of nitrogens with two attached hydrogens (primary N) is 1. The molecule has 7 heteroatoms. The van der Waals surface area contributed by atoms with Gasteiger partial charge >= 0.3 is 0 Å². The van der Waals surface area contributed by atoms with Gasteiger partial charge < -0.3 is 5.73 Å². The second-order valence-electron chi connectivity index (χ2n) is 2.81.